The standard InChI is InChI=1S/C30H26N2O5/c1-32-24-10-6-5-9-22(24)29(35)28(30(32)36)26(34)17-23(31-19-12-14-20(37-2)15-13-19)27-21-8-4-3-7-18(21)11-16-25(27)33/h3-16,23,31,33,35H,17H2,1-2H3. The van der Waals surface area contributed by atoms with E-state index in [1.807, 2.05) is 42.5 Å². The molecule has 0 amide bonds. The molecule has 7 heteroatoms. The Kier molecular flexibility index (Phi) is 6.27. The van der Waals surface area contributed by atoms with Crippen LogP contribution in [-0.4, -0.2) is 27.7 Å². The van der Waals surface area contributed by atoms with Crippen molar-refractivity contribution in [3.8, 4) is 17.2 Å². The number of methoxy groups -OCH3 is 1. The average molecular weight is 495 g/mol. The minimum absolute atomic E-state index is 0.0214. The van der Waals surface area contributed by atoms with E-state index in [-0.39, 0.29) is 23.5 Å². The van der Waals surface area contributed by atoms with Crippen LogP contribution in [0, 0.1) is 0 Å². The second-order valence-corrected chi connectivity index (χ2v) is 8.88. The SMILES string of the molecule is COc1ccc(NC(CC(=O)c2c(O)c3ccccc3n(C)c2=O)c2c(O)ccc3ccccc23)cc1. The van der Waals surface area contributed by atoms with Gasteiger partial charge in [-0.3, -0.25) is 9.59 Å². The van der Waals surface area contributed by atoms with Gasteiger partial charge in [0.25, 0.3) is 5.56 Å². The van der Waals surface area contributed by atoms with Gasteiger partial charge >= 0.3 is 0 Å². The lowest BCUT2D eigenvalue weighted by atomic mass is 9.92. The number of pyridine rings is 1. The van der Waals surface area contributed by atoms with Crippen LogP contribution >= 0.6 is 0 Å². The van der Waals surface area contributed by atoms with Crippen molar-refractivity contribution in [3.63, 3.8) is 0 Å². The first-order valence-electron chi connectivity index (χ1n) is 11.8. The predicted molar refractivity (Wildman–Crippen MR) is 145 cm³/mol. The molecular weight excluding hydrogens is 468 g/mol. The zero-order valence-corrected chi connectivity index (χ0v) is 20.4. The van der Waals surface area contributed by atoms with E-state index in [2.05, 4.69) is 5.32 Å². The molecule has 5 rings (SSSR count). The van der Waals surface area contributed by atoms with Crippen molar-refractivity contribution >= 4 is 33.1 Å². The van der Waals surface area contributed by atoms with Gasteiger partial charge in [-0.25, -0.2) is 0 Å². The van der Waals surface area contributed by atoms with Crippen LogP contribution < -0.4 is 15.6 Å². The van der Waals surface area contributed by atoms with Gasteiger partial charge in [0.2, 0.25) is 0 Å². The number of nitrogens with zero attached hydrogens (tertiary/aromatic N) is 1. The highest BCUT2D eigenvalue weighted by Gasteiger charge is 2.27. The van der Waals surface area contributed by atoms with Gasteiger partial charge in [-0.15, -0.1) is 0 Å². The lowest BCUT2D eigenvalue weighted by Gasteiger charge is -2.23. The van der Waals surface area contributed by atoms with E-state index >= 15 is 0 Å². The largest absolute Gasteiger partial charge is 0.508 e. The first-order chi connectivity index (χ1) is 17.9. The van der Waals surface area contributed by atoms with Crippen molar-refractivity contribution in [2.24, 2.45) is 7.05 Å². The smallest absolute Gasteiger partial charge is 0.265 e. The number of aromatic nitrogens is 1. The second-order valence-electron chi connectivity index (χ2n) is 8.88. The Bertz CT molecular complexity index is 1690. The number of para-hydroxylation sites is 1. The van der Waals surface area contributed by atoms with Crippen LogP contribution in [0.5, 0.6) is 17.2 Å². The Labute approximate surface area is 213 Å². The number of carbonyl (C=O) groups is 1. The number of rotatable bonds is 7. The zero-order chi connectivity index (χ0) is 26.1. The lowest BCUT2D eigenvalue weighted by Crippen LogP contribution is -2.27. The number of ether oxygens (including phenoxy) is 1. The quantitative estimate of drug-likeness (QED) is 0.257. The molecule has 0 saturated heterocycles. The summed E-state index contributed by atoms with van der Waals surface area (Å²) in [6.07, 6.45) is -0.186. The number of carbonyl (C=O) groups excluding carboxylic acids is 1. The van der Waals surface area contributed by atoms with Crippen LogP contribution in [0.3, 0.4) is 0 Å². The molecule has 7 nitrogen and oxygen atoms in total. The molecule has 1 unspecified atom stereocenters. The van der Waals surface area contributed by atoms with Gasteiger partial charge < -0.3 is 24.8 Å². The van der Waals surface area contributed by atoms with Crippen molar-refractivity contribution in [1.82, 2.24) is 4.57 Å². The number of nitrogens with one attached hydrogen (secondary N) is 1. The summed E-state index contributed by atoms with van der Waals surface area (Å²) in [6, 6.07) is 24.4. The Morgan fingerprint density at radius 1 is 0.919 bits per heavy atom. The van der Waals surface area contributed by atoms with Crippen LogP contribution in [0.1, 0.15) is 28.4 Å². The van der Waals surface area contributed by atoms with Gasteiger partial charge in [0, 0.05) is 30.1 Å². The van der Waals surface area contributed by atoms with Gasteiger partial charge in [0.15, 0.2) is 5.78 Å². The summed E-state index contributed by atoms with van der Waals surface area (Å²) in [5, 5.41) is 27.3. The lowest BCUT2D eigenvalue weighted by molar-refractivity contribution is 0.0972. The topological polar surface area (TPSA) is 101 Å². The molecule has 0 radical (unpaired) electrons. The summed E-state index contributed by atoms with van der Waals surface area (Å²) >= 11 is 0. The van der Waals surface area contributed by atoms with Crippen molar-refractivity contribution in [3.05, 3.63) is 106 Å². The zero-order valence-electron chi connectivity index (χ0n) is 20.4. The fourth-order valence-corrected chi connectivity index (χ4v) is 4.78. The van der Waals surface area contributed by atoms with Crippen LogP contribution in [0.4, 0.5) is 5.69 Å². The number of phenolic OH excluding ortho intramolecular Hbond substituents is 1. The number of aryl methyl sites for hydroxylation is 1. The van der Waals surface area contributed by atoms with Crippen LogP contribution in [0.15, 0.2) is 89.7 Å². The molecule has 5 aromatic rings. The number of phenols is 1. The Morgan fingerprint density at radius 2 is 1.59 bits per heavy atom. The molecule has 0 fully saturated rings. The third-order valence-electron chi connectivity index (χ3n) is 6.67. The van der Waals surface area contributed by atoms with Crippen molar-refractivity contribution < 1.29 is 19.7 Å². The first kappa shape index (κ1) is 23.9. The molecule has 0 aliphatic carbocycles. The Morgan fingerprint density at radius 3 is 2.32 bits per heavy atom. The van der Waals surface area contributed by atoms with Crippen LogP contribution in [-0.2, 0) is 7.05 Å². The number of hydrogen-bond acceptors (Lipinski definition) is 6. The fourth-order valence-electron chi connectivity index (χ4n) is 4.78. The third kappa shape index (κ3) is 4.36. The number of hydrogen-bond donors (Lipinski definition) is 3. The van der Waals surface area contributed by atoms with Crippen molar-refractivity contribution in [1.29, 1.82) is 0 Å². The summed E-state index contributed by atoms with van der Waals surface area (Å²) < 4.78 is 6.61. The summed E-state index contributed by atoms with van der Waals surface area (Å²) in [5.74, 6) is -0.180. The van der Waals surface area contributed by atoms with E-state index in [1.165, 1.54) is 4.57 Å². The molecule has 0 saturated carbocycles. The molecule has 1 atom stereocenters. The monoisotopic (exact) mass is 494 g/mol. The molecule has 0 bridgehead atoms. The molecule has 3 N–H and O–H groups in total. The number of benzene rings is 4. The number of anilines is 1. The van der Waals surface area contributed by atoms with E-state index in [1.54, 1.807) is 56.6 Å². The molecule has 0 spiro atoms. The maximum absolute atomic E-state index is 13.7. The minimum Gasteiger partial charge on any atom is -0.508 e. The van der Waals surface area contributed by atoms with Gasteiger partial charge in [0.05, 0.1) is 18.7 Å². The van der Waals surface area contributed by atoms with Gasteiger partial charge in [0.1, 0.15) is 22.8 Å². The predicted octanol–water partition coefficient (Wildman–Crippen LogP) is 5.54. The van der Waals surface area contributed by atoms with Crippen LogP contribution in [0.25, 0.3) is 21.7 Å². The maximum Gasteiger partial charge on any atom is 0.265 e. The van der Waals surface area contributed by atoms with E-state index in [4.69, 9.17) is 4.74 Å². The summed E-state index contributed by atoms with van der Waals surface area (Å²) in [6.45, 7) is 0. The first-order valence-corrected chi connectivity index (χ1v) is 11.8. The highest BCUT2D eigenvalue weighted by molar-refractivity contribution is 6.04. The number of fused-ring (bicyclic) bond motifs is 2. The number of Topliss-reactive ketones (excluding diaryl/α,β-unsaturated/α-hetero) is 1. The van der Waals surface area contributed by atoms with Gasteiger partial charge in [-0.2, -0.15) is 0 Å². The summed E-state index contributed by atoms with van der Waals surface area (Å²) in [4.78, 5) is 26.9. The normalized spacial score (nSPS) is 11.9. The molecule has 186 valence electrons. The highest BCUT2D eigenvalue weighted by Crippen LogP contribution is 2.37. The summed E-state index contributed by atoms with van der Waals surface area (Å²) in [5.41, 5.74) is 0.899. The maximum atomic E-state index is 13.7. The molecule has 0 aliphatic rings. The highest BCUT2D eigenvalue weighted by atomic mass is 16.5. The average Bonchev–Trinajstić information content (AvgIpc) is 2.92. The van der Waals surface area contributed by atoms with Crippen molar-refractivity contribution in [2.45, 2.75) is 12.5 Å². The molecule has 0 aliphatic heterocycles. The second kappa shape index (κ2) is 9.70. The summed E-state index contributed by atoms with van der Waals surface area (Å²) in [7, 11) is 3.15. The molecule has 1 heterocycles. The minimum atomic E-state index is -0.706. The van der Waals surface area contributed by atoms with E-state index in [0.717, 1.165) is 10.8 Å². The van der Waals surface area contributed by atoms with E-state index in [0.29, 0.717) is 27.9 Å². The Balaban J connectivity index is 1.63. The van der Waals surface area contributed by atoms with Crippen molar-refractivity contribution in [2.75, 3.05) is 12.4 Å². The Hall–Kier alpha value is -4.78. The molecular formula is C30H26N2O5. The molecule has 4 aromatic carbocycles. The number of aromatic hydroxyl groups is 2. The third-order valence-corrected chi connectivity index (χ3v) is 6.67. The van der Waals surface area contributed by atoms with E-state index in [9.17, 15) is 19.8 Å². The van der Waals surface area contributed by atoms with Crippen LogP contribution in [0.2, 0.25) is 0 Å². The molecule has 1 aromatic heterocycles. The fraction of sp³-hybridized carbons (Fsp3) is 0.133. The molecule has 37 heavy (non-hydrogen) atoms. The van der Waals surface area contributed by atoms with E-state index < -0.39 is 17.4 Å². The van der Waals surface area contributed by atoms with Gasteiger partial charge in [-0.05, 0) is 53.2 Å². The van der Waals surface area contributed by atoms with Gasteiger partial charge in [-0.1, -0.05) is 42.5 Å². The number of ketones is 1.